The van der Waals surface area contributed by atoms with Crippen LogP contribution < -0.4 is 5.32 Å². The van der Waals surface area contributed by atoms with Crippen molar-refractivity contribution in [2.75, 3.05) is 12.3 Å². The summed E-state index contributed by atoms with van der Waals surface area (Å²) < 4.78 is 29.1. The highest BCUT2D eigenvalue weighted by Gasteiger charge is 2.21. The molecule has 23 heavy (non-hydrogen) atoms. The highest BCUT2D eigenvalue weighted by molar-refractivity contribution is 7.93. The van der Waals surface area contributed by atoms with E-state index in [1.165, 1.54) is 6.07 Å². The summed E-state index contributed by atoms with van der Waals surface area (Å²) in [4.78, 5) is 11.5. The predicted octanol–water partition coefficient (Wildman–Crippen LogP) is 1.81. The van der Waals surface area contributed by atoms with E-state index in [1.54, 1.807) is 11.4 Å². The Morgan fingerprint density at radius 3 is 2.61 bits per heavy atom. The summed E-state index contributed by atoms with van der Waals surface area (Å²) in [5, 5.41) is 13.8. The van der Waals surface area contributed by atoms with Crippen LogP contribution in [0.1, 0.15) is 5.56 Å². The number of aliphatic hydroxyl groups is 1. The maximum atomic E-state index is 12.0. The molecule has 0 spiro atoms. The van der Waals surface area contributed by atoms with Crippen molar-refractivity contribution in [2.24, 2.45) is 0 Å². The lowest BCUT2D eigenvalue weighted by molar-refractivity contribution is 0.129. The largest absolute Gasteiger partial charge is 0.445 e. The SMILES string of the molecule is O=C(NCC(O)CS(=O)(=O)c1cccs1)OCc1ccccc1. The van der Waals surface area contributed by atoms with Gasteiger partial charge in [0.25, 0.3) is 0 Å². The van der Waals surface area contributed by atoms with E-state index in [2.05, 4.69) is 5.32 Å². The maximum Gasteiger partial charge on any atom is 0.407 e. The molecule has 1 atom stereocenters. The van der Waals surface area contributed by atoms with Gasteiger partial charge in [-0.3, -0.25) is 0 Å². The van der Waals surface area contributed by atoms with Gasteiger partial charge in [0.05, 0.1) is 11.9 Å². The van der Waals surface area contributed by atoms with E-state index in [9.17, 15) is 18.3 Å². The van der Waals surface area contributed by atoms with Crippen LogP contribution in [0.5, 0.6) is 0 Å². The molecule has 6 nitrogen and oxygen atoms in total. The molecule has 1 aromatic carbocycles. The van der Waals surface area contributed by atoms with E-state index in [1.807, 2.05) is 30.3 Å². The fraction of sp³-hybridized carbons (Fsp3) is 0.267. The third-order valence-corrected chi connectivity index (χ3v) is 6.19. The minimum atomic E-state index is -3.54. The van der Waals surface area contributed by atoms with E-state index in [-0.39, 0.29) is 17.4 Å². The summed E-state index contributed by atoms with van der Waals surface area (Å²) in [5.41, 5.74) is 0.837. The van der Waals surface area contributed by atoms with Crippen LogP contribution in [0.2, 0.25) is 0 Å². The van der Waals surface area contributed by atoms with Crippen molar-refractivity contribution in [3.05, 3.63) is 53.4 Å². The number of carbonyl (C=O) groups excluding carboxylic acids is 1. The number of carbonyl (C=O) groups is 1. The van der Waals surface area contributed by atoms with Gasteiger partial charge in [-0.15, -0.1) is 11.3 Å². The van der Waals surface area contributed by atoms with Crippen LogP contribution in [0.25, 0.3) is 0 Å². The Morgan fingerprint density at radius 1 is 1.22 bits per heavy atom. The molecule has 2 rings (SSSR count). The number of alkyl carbamates (subject to hydrolysis) is 1. The molecule has 1 aromatic heterocycles. The Bertz CT molecular complexity index is 714. The van der Waals surface area contributed by atoms with Crippen LogP contribution in [-0.2, 0) is 21.2 Å². The fourth-order valence-electron chi connectivity index (χ4n) is 1.81. The zero-order chi connectivity index (χ0) is 16.7. The second-order valence-electron chi connectivity index (χ2n) is 4.81. The molecule has 1 heterocycles. The van der Waals surface area contributed by atoms with Gasteiger partial charge >= 0.3 is 6.09 Å². The summed E-state index contributed by atoms with van der Waals surface area (Å²) in [5.74, 6) is -0.452. The number of ether oxygens (including phenoxy) is 1. The molecular formula is C15H17NO5S2. The predicted molar refractivity (Wildman–Crippen MR) is 87.0 cm³/mol. The van der Waals surface area contributed by atoms with Crippen LogP contribution in [0, 0.1) is 0 Å². The normalized spacial score (nSPS) is 12.6. The summed E-state index contributed by atoms with van der Waals surface area (Å²) in [7, 11) is -3.54. The second-order valence-corrected chi connectivity index (χ2v) is 8.02. The first-order valence-electron chi connectivity index (χ1n) is 6.86. The van der Waals surface area contributed by atoms with Crippen LogP contribution in [0.15, 0.2) is 52.1 Å². The van der Waals surface area contributed by atoms with E-state index in [0.29, 0.717) is 0 Å². The first-order chi connectivity index (χ1) is 11.0. The second kappa shape index (κ2) is 8.09. The van der Waals surface area contributed by atoms with Crippen LogP contribution in [0.3, 0.4) is 0 Å². The van der Waals surface area contributed by atoms with Crippen molar-refractivity contribution < 1.29 is 23.1 Å². The van der Waals surface area contributed by atoms with Crippen LogP contribution >= 0.6 is 11.3 Å². The van der Waals surface area contributed by atoms with E-state index in [4.69, 9.17) is 4.74 Å². The van der Waals surface area contributed by atoms with Crippen molar-refractivity contribution >= 4 is 27.3 Å². The number of thiophene rings is 1. The summed E-state index contributed by atoms with van der Waals surface area (Å²) in [6.07, 6.45) is -1.91. The van der Waals surface area contributed by atoms with Gasteiger partial charge in [0.1, 0.15) is 10.8 Å². The number of benzene rings is 1. The molecule has 8 heteroatoms. The number of hydrogen-bond acceptors (Lipinski definition) is 6. The van der Waals surface area contributed by atoms with Crippen LogP contribution in [-0.4, -0.2) is 38.0 Å². The highest BCUT2D eigenvalue weighted by atomic mass is 32.2. The average molecular weight is 355 g/mol. The monoisotopic (exact) mass is 355 g/mol. The summed E-state index contributed by atoms with van der Waals surface area (Å²) in [6, 6.07) is 12.3. The molecule has 0 radical (unpaired) electrons. The van der Waals surface area contributed by atoms with Gasteiger partial charge in [0.2, 0.25) is 0 Å². The third-order valence-electron chi connectivity index (χ3n) is 2.91. The molecule has 0 fully saturated rings. The quantitative estimate of drug-likeness (QED) is 0.790. The minimum absolute atomic E-state index is 0.107. The van der Waals surface area contributed by atoms with Crippen molar-refractivity contribution in [1.29, 1.82) is 0 Å². The lowest BCUT2D eigenvalue weighted by Crippen LogP contribution is -2.36. The van der Waals surface area contributed by atoms with Gasteiger partial charge < -0.3 is 15.2 Å². The molecule has 0 aliphatic heterocycles. The Labute approximate surface area is 138 Å². The molecule has 124 valence electrons. The zero-order valence-corrected chi connectivity index (χ0v) is 13.8. The fourth-order valence-corrected chi connectivity index (χ4v) is 4.29. The molecule has 0 saturated heterocycles. The molecule has 0 aliphatic carbocycles. The number of aliphatic hydroxyl groups excluding tert-OH is 1. The van der Waals surface area contributed by atoms with Crippen molar-refractivity contribution in [3.63, 3.8) is 0 Å². The van der Waals surface area contributed by atoms with Gasteiger partial charge in [-0.2, -0.15) is 0 Å². The highest BCUT2D eigenvalue weighted by Crippen LogP contribution is 2.18. The first kappa shape index (κ1) is 17.5. The number of rotatable bonds is 7. The first-order valence-corrected chi connectivity index (χ1v) is 9.39. The molecule has 2 aromatic rings. The van der Waals surface area contributed by atoms with Crippen molar-refractivity contribution in [1.82, 2.24) is 5.32 Å². The number of hydrogen-bond donors (Lipinski definition) is 2. The van der Waals surface area contributed by atoms with Gasteiger partial charge in [0, 0.05) is 6.54 Å². The Balaban J connectivity index is 1.73. The Morgan fingerprint density at radius 2 is 1.96 bits per heavy atom. The van der Waals surface area contributed by atoms with E-state index in [0.717, 1.165) is 16.9 Å². The standard InChI is InChI=1S/C15H17NO5S2/c17-13(11-23(19,20)14-7-4-8-22-14)9-16-15(18)21-10-12-5-2-1-3-6-12/h1-8,13,17H,9-11H2,(H,16,18). The lowest BCUT2D eigenvalue weighted by Gasteiger charge is -2.12. The van der Waals surface area contributed by atoms with Gasteiger partial charge in [-0.25, -0.2) is 13.2 Å². The molecule has 0 aliphatic rings. The zero-order valence-electron chi connectivity index (χ0n) is 12.2. The van der Waals surface area contributed by atoms with Gasteiger partial charge in [0.15, 0.2) is 9.84 Å². The van der Waals surface area contributed by atoms with Crippen molar-refractivity contribution in [3.8, 4) is 0 Å². The number of sulfone groups is 1. The summed E-state index contributed by atoms with van der Waals surface area (Å²) in [6.45, 7) is -0.0888. The summed E-state index contributed by atoms with van der Waals surface area (Å²) >= 11 is 1.09. The van der Waals surface area contributed by atoms with Gasteiger partial charge in [-0.05, 0) is 17.0 Å². The molecule has 1 unspecified atom stereocenters. The average Bonchev–Trinajstić information content (AvgIpc) is 3.07. The number of nitrogens with one attached hydrogen (secondary N) is 1. The van der Waals surface area contributed by atoms with Crippen LogP contribution in [0.4, 0.5) is 4.79 Å². The van der Waals surface area contributed by atoms with Gasteiger partial charge in [-0.1, -0.05) is 36.4 Å². The smallest absolute Gasteiger partial charge is 0.407 e. The molecule has 1 amide bonds. The molecule has 0 bridgehead atoms. The lowest BCUT2D eigenvalue weighted by atomic mass is 10.2. The Kier molecular flexibility index (Phi) is 6.14. The molecule has 0 saturated carbocycles. The maximum absolute atomic E-state index is 12.0. The number of amides is 1. The third kappa shape index (κ3) is 5.66. The Hall–Kier alpha value is -1.90. The van der Waals surface area contributed by atoms with E-state index < -0.39 is 27.8 Å². The molecule has 2 N–H and O–H groups in total. The molecular weight excluding hydrogens is 338 g/mol. The van der Waals surface area contributed by atoms with E-state index >= 15 is 0 Å². The topological polar surface area (TPSA) is 92.7 Å². The minimum Gasteiger partial charge on any atom is -0.445 e. The van der Waals surface area contributed by atoms with Crippen molar-refractivity contribution in [2.45, 2.75) is 16.9 Å².